The molecule has 0 radical (unpaired) electrons. The summed E-state index contributed by atoms with van der Waals surface area (Å²) >= 11 is 0. The van der Waals surface area contributed by atoms with Gasteiger partial charge in [0.25, 0.3) is 0 Å². The lowest BCUT2D eigenvalue weighted by molar-refractivity contribution is 0.473. The first kappa shape index (κ1) is 20.4. The van der Waals surface area contributed by atoms with Crippen LogP contribution in [0, 0.1) is 0 Å². The van der Waals surface area contributed by atoms with Gasteiger partial charge in [0.15, 0.2) is 0 Å². The fourth-order valence-corrected chi connectivity index (χ4v) is 3.43. The van der Waals surface area contributed by atoms with E-state index in [1.807, 2.05) is 36.4 Å². The Bertz CT molecular complexity index is 1050. The zero-order chi connectivity index (χ0) is 21.1. The molecule has 4 aromatic rings. The van der Waals surface area contributed by atoms with E-state index in [-0.39, 0.29) is 0 Å². The van der Waals surface area contributed by atoms with Crippen LogP contribution in [0.4, 0.5) is 0 Å². The number of allylic oxidation sites excluding steroid dienone is 2. The van der Waals surface area contributed by atoms with Gasteiger partial charge in [-0.15, -0.1) is 0 Å². The fourth-order valence-electron chi connectivity index (χ4n) is 3.43. The largest absolute Gasteiger partial charge is 0.457 e. The second kappa shape index (κ2) is 10.8. The van der Waals surface area contributed by atoms with Crippen LogP contribution in [-0.2, 0) is 12.8 Å². The molecule has 0 atom stereocenters. The normalized spacial score (nSPS) is 11.2. The molecular formula is C30H26O. The van der Waals surface area contributed by atoms with Crippen LogP contribution in [0.15, 0.2) is 121 Å². The molecule has 0 N–H and O–H groups in total. The molecule has 0 aliphatic heterocycles. The molecule has 0 fully saturated rings. The summed E-state index contributed by atoms with van der Waals surface area (Å²) in [6.45, 7) is 0. The monoisotopic (exact) mass is 402 g/mol. The summed E-state index contributed by atoms with van der Waals surface area (Å²) in [6, 6.07) is 37.2. The summed E-state index contributed by atoms with van der Waals surface area (Å²) in [5, 5.41) is 0. The summed E-state index contributed by atoms with van der Waals surface area (Å²) in [4.78, 5) is 0. The highest BCUT2D eigenvalue weighted by Gasteiger charge is 2.07. The number of hydrogen-bond donors (Lipinski definition) is 0. The minimum Gasteiger partial charge on any atom is -0.457 e. The zero-order valence-corrected chi connectivity index (χ0v) is 17.5. The Morgan fingerprint density at radius 2 is 0.839 bits per heavy atom. The lowest BCUT2D eigenvalue weighted by atomic mass is 10.1. The minimum atomic E-state index is 0.821. The van der Waals surface area contributed by atoms with Crippen LogP contribution < -0.4 is 4.74 Å². The average molecular weight is 403 g/mol. The second-order valence-corrected chi connectivity index (χ2v) is 7.35. The third kappa shape index (κ3) is 6.07. The number of rotatable bonds is 8. The lowest BCUT2D eigenvalue weighted by Crippen LogP contribution is -1.94. The van der Waals surface area contributed by atoms with Crippen LogP contribution in [0.25, 0.3) is 12.2 Å². The Balaban J connectivity index is 1.47. The molecule has 0 aromatic heterocycles. The number of para-hydroxylation sites is 2. The SMILES string of the molecule is C(=C\c1ccccc1)/Cc1ccccc1Oc1ccccc1C/C=C/c1ccccc1. The Labute approximate surface area is 185 Å². The summed E-state index contributed by atoms with van der Waals surface area (Å²) in [6.07, 6.45) is 10.3. The highest BCUT2D eigenvalue weighted by molar-refractivity contribution is 5.52. The third-order valence-electron chi connectivity index (χ3n) is 5.06. The van der Waals surface area contributed by atoms with Gasteiger partial charge < -0.3 is 4.74 Å². The Kier molecular flexibility index (Phi) is 7.12. The molecule has 4 rings (SSSR count). The summed E-state index contributed by atoms with van der Waals surface area (Å²) in [7, 11) is 0. The predicted molar refractivity (Wildman–Crippen MR) is 131 cm³/mol. The van der Waals surface area contributed by atoms with E-state index in [9.17, 15) is 0 Å². The Morgan fingerprint density at radius 3 is 1.29 bits per heavy atom. The van der Waals surface area contributed by atoms with Crippen LogP contribution in [-0.4, -0.2) is 0 Å². The highest BCUT2D eigenvalue weighted by Crippen LogP contribution is 2.29. The van der Waals surface area contributed by atoms with E-state index >= 15 is 0 Å². The van der Waals surface area contributed by atoms with Gasteiger partial charge in [-0.1, -0.05) is 121 Å². The maximum atomic E-state index is 6.38. The van der Waals surface area contributed by atoms with Crippen molar-refractivity contribution in [2.75, 3.05) is 0 Å². The van der Waals surface area contributed by atoms with Crippen molar-refractivity contribution in [3.63, 3.8) is 0 Å². The molecule has 0 bridgehead atoms. The minimum absolute atomic E-state index is 0.821. The molecule has 31 heavy (non-hydrogen) atoms. The van der Waals surface area contributed by atoms with Crippen LogP contribution in [0.5, 0.6) is 11.5 Å². The number of ether oxygens (including phenoxy) is 1. The zero-order valence-electron chi connectivity index (χ0n) is 17.5. The highest BCUT2D eigenvalue weighted by atomic mass is 16.5. The molecule has 1 heteroatoms. The van der Waals surface area contributed by atoms with Crippen LogP contribution in [0.1, 0.15) is 22.3 Å². The van der Waals surface area contributed by atoms with Gasteiger partial charge in [-0.2, -0.15) is 0 Å². The molecule has 0 amide bonds. The van der Waals surface area contributed by atoms with E-state index in [0.717, 1.165) is 24.3 Å². The maximum absolute atomic E-state index is 6.38. The van der Waals surface area contributed by atoms with Crippen molar-refractivity contribution in [3.8, 4) is 11.5 Å². The molecule has 0 unspecified atom stereocenters. The molecule has 152 valence electrons. The van der Waals surface area contributed by atoms with Gasteiger partial charge in [0, 0.05) is 0 Å². The summed E-state index contributed by atoms with van der Waals surface area (Å²) in [5.41, 5.74) is 4.75. The van der Waals surface area contributed by atoms with Gasteiger partial charge in [-0.25, -0.2) is 0 Å². The molecule has 4 aromatic carbocycles. The van der Waals surface area contributed by atoms with Crippen LogP contribution in [0.2, 0.25) is 0 Å². The molecule has 0 aliphatic rings. The topological polar surface area (TPSA) is 9.23 Å². The maximum Gasteiger partial charge on any atom is 0.130 e. The molecule has 0 saturated heterocycles. The molecule has 1 nitrogen and oxygen atoms in total. The quantitative estimate of drug-likeness (QED) is 0.290. The van der Waals surface area contributed by atoms with Gasteiger partial charge in [-0.05, 0) is 47.2 Å². The van der Waals surface area contributed by atoms with Gasteiger partial charge in [0.1, 0.15) is 11.5 Å². The number of hydrogen-bond acceptors (Lipinski definition) is 1. The van der Waals surface area contributed by atoms with Crippen molar-refractivity contribution < 1.29 is 4.74 Å². The molecular weight excluding hydrogens is 376 g/mol. The first-order valence-corrected chi connectivity index (χ1v) is 10.7. The summed E-state index contributed by atoms with van der Waals surface area (Å²) in [5.74, 6) is 1.81. The molecule has 0 aliphatic carbocycles. The van der Waals surface area contributed by atoms with E-state index < -0.39 is 0 Å². The van der Waals surface area contributed by atoms with Crippen molar-refractivity contribution in [2.45, 2.75) is 12.8 Å². The van der Waals surface area contributed by atoms with Crippen LogP contribution in [0.3, 0.4) is 0 Å². The van der Waals surface area contributed by atoms with Gasteiger partial charge in [-0.3, -0.25) is 0 Å². The van der Waals surface area contributed by atoms with E-state index in [1.54, 1.807) is 0 Å². The lowest BCUT2D eigenvalue weighted by Gasteiger charge is -2.13. The van der Waals surface area contributed by atoms with E-state index in [2.05, 4.69) is 97.1 Å². The molecule has 0 saturated carbocycles. The Hall–Kier alpha value is -3.84. The smallest absolute Gasteiger partial charge is 0.130 e. The first-order chi connectivity index (χ1) is 15.4. The van der Waals surface area contributed by atoms with Crippen molar-refractivity contribution in [1.82, 2.24) is 0 Å². The Morgan fingerprint density at radius 1 is 0.452 bits per heavy atom. The molecule has 0 spiro atoms. The standard InChI is InChI=1S/C30H26O/c1-3-13-25(14-4-1)17-11-21-27-19-7-9-23-29(27)31-30-24-10-8-20-28(30)22-12-18-26-15-5-2-6-16-26/h1-20,23-24H,21-22H2/b17-11+,18-12+. The predicted octanol–water partition coefficient (Wildman–Crippen LogP) is 7.99. The van der Waals surface area contributed by atoms with Crippen molar-refractivity contribution >= 4 is 12.2 Å². The van der Waals surface area contributed by atoms with Gasteiger partial charge in [0.2, 0.25) is 0 Å². The molecule has 0 heterocycles. The van der Waals surface area contributed by atoms with Gasteiger partial charge >= 0.3 is 0 Å². The summed E-state index contributed by atoms with van der Waals surface area (Å²) < 4.78 is 6.38. The van der Waals surface area contributed by atoms with Crippen molar-refractivity contribution in [1.29, 1.82) is 0 Å². The fraction of sp³-hybridized carbons (Fsp3) is 0.0667. The van der Waals surface area contributed by atoms with E-state index in [0.29, 0.717) is 0 Å². The second-order valence-electron chi connectivity index (χ2n) is 7.35. The average Bonchev–Trinajstić information content (AvgIpc) is 2.83. The van der Waals surface area contributed by atoms with Crippen LogP contribution >= 0.6 is 0 Å². The third-order valence-corrected chi connectivity index (χ3v) is 5.06. The van der Waals surface area contributed by atoms with Crippen molar-refractivity contribution in [2.24, 2.45) is 0 Å². The van der Waals surface area contributed by atoms with Crippen molar-refractivity contribution in [3.05, 3.63) is 144 Å². The van der Waals surface area contributed by atoms with E-state index in [4.69, 9.17) is 4.74 Å². The van der Waals surface area contributed by atoms with E-state index in [1.165, 1.54) is 22.3 Å². The first-order valence-electron chi connectivity index (χ1n) is 10.7. The van der Waals surface area contributed by atoms with Gasteiger partial charge in [0.05, 0.1) is 0 Å². The number of benzene rings is 4.